The van der Waals surface area contributed by atoms with E-state index in [4.69, 9.17) is 30.4 Å². The minimum Gasteiger partial charge on any atom is -0.486 e. The predicted molar refractivity (Wildman–Crippen MR) is 249 cm³/mol. The Hall–Kier alpha value is -5.76. The van der Waals surface area contributed by atoms with Crippen molar-refractivity contribution in [3.63, 3.8) is 0 Å². The number of carbonyl (C=O) groups is 6. The average molecular weight is 963 g/mol. The molecule has 7 rings (SSSR count). The number of allylic oxidation sites excluding steroid dienone is 4. The lowest BCUT2D eigenvalue weighted by molar-refractivity contribution is -0.234. The molecular weight excluding hydrogens is 899 g/mol. The Morgan fingerprint density at radius 1 is 0.971 bits per heavy atom. The molecule has 4 aliphatic carbocycles. The number of urea groups is 1. The van der Waals surface area contributed by atoms with Gasteiger partial charge in [0, 0.05) is 34.7 Å². The van der Waals surface area contributed by atoms with Crippen LogP contribution in [0.15, 0.2) is 72.3 Å². The topological polar surface area (TPSA) is 260 Å². The number of rotatable bonds is 18. The van der Waals surface area contributed by atoms with Crippen LogP contribution in [0, 0.1) is 28.6 Å². The maximum absolute atomic E-state index is 17.8. The summed E-state index contributed by atoms with van der Waals surface area (Å²) in [4.78, 5) is 76.6. The van der Waals surface area contributed by atoms with Crippen LogP contribution in [0.3, 0.4) is 0 Å². The van der Waals surface area contributed by atoms with Gasteiger partial charge in [0.2, 0.25) is 17.6 Å². The Morgan fingerprint density at radius 2 is 1.65 bits per heavy atom. The third-order valence-electron chi connectivity index (χ3n) is 15.0. The number of hydrogen-bond acceptors (Lipinski definition) is 12. The van der Waals surface area contributed by atoms with Crippen molar-refractivity contribution >= 4 is 46.9 Å². The summed E-state index contributed by atoms with van der Waals surface area (Å²) in [7, 11) is 0. The summed E-state index contributed by atoms with van der Waals surface area (Å²) < 4.78 is 58.3. The van der Waals surface area contributed by atoms with Gasteiger partial charge in [-0.15, -0.1) is 0 Å². The summed E-state index contributed by atoms with van der Waals surface area (Å²) in [6, 6.07) is 10.3. The molecule has 3 saturated carbocycles. The standard InChI is InChI=1S/C50H64F2N6O11/c1-6-8-41-68-40-23-33-34-22-36(51)35-21-31(59)18-19-47(35,4)49(34,52)38(60)24-48(33,5)50(40,69-41)39(61)26-66-32-16-14-30(15-17-32)57-46(65)67-25-28-10-12-29(13-11-28)56-43(62)37(9-7-20-55-45(54)64)58-44(63)42(53)27(2)3/h10-19,21,27,33-34,36-38,40-42,60H,6-9,20,22-26,53H2,1-5H3,(H,56,62)(H,57,65)(H,58,63)(H3,54,55,64)/t33-,34-,36-,37-,38-,40+,41?,42?,47-,48-,49-,50+/m0/s1. The van der Waals surface area contributed by atoms with Gasteiger partial charge in [-0.2, -0.15) is 0 Å². The fourth-order valence-electron chi connectivity index (χ4n) is 11.4. The number of hydrogen-bond donors (Lipinski definition) is 7. The first kappa shape index (κ1) is 51.1. The molecule has 2 unspecified atom stereocenters. The highest BCUT2D eigenvalue weighted by Gasteiger charge is 2.80. The Bertz CT molecular complexity index is 2350. The Labute approximate surface area is 399 Å². The number of ketones is 2. The SMILES string of the molecule is CCCC1O[C@@H]2C[C@H]3[C@@H]4C[C@H](F)C5=CC(=O)C=C[C@]5(C)[C@@]4(F)[C@@H](O)C[C@]3(C)[C@]2(C(=O)COc2ccc(NC(=O)OCc3ccc(NC(=O)[C@H](CCCNC(N)=O)NC(=O)C(N)C(C)C)cc3)cc2)O1. The number of nitrogens with two attached hydrogens (primary N) is 2. The number of anilines is 2. The van der Waals surface area contributed by atoms with Crippen molar-refractivity contribution in [1.82, 2.24) is 10.6 Å². The average Bonchev–Trinajstić information content (AvgIpc) is 3.79. The second kappa shape index (κ2) is 20.3. The zero-order chi connectivity index (χ0) is 50.1. The van der Waals surface area contributed by atoms with E-state index in [1.807, 2.05) is 6.92 Å². The Kier molecular flexibility index (Phi) is 15.0. The summed E-state index contributed by atoms with van der Waals surface area (Å²) in [5, 5.41) is 22.4. The molecule has 19 heteroatoms. The van der Waals surface area contributed by atoms with Crippen molar-refractivity contribution < 1.29 is 61.6 Å². The lowest BCUT2D eigenvalue weighted by atomic mass is 9.44. The zero-order valence-electron chi connectivity index (χ0n) is 39.6. The molecule has 1 aliphatic heterocycles. The fourth-order valence-corrected chi connectivity index (χ4v) is 11.4. The predicted octanol–water partition coefficient (Wildman–Crippen LogP) is 5.45. The van der Waals surface area contributed by atoms with Gasteiger partial charge in [-0.05, 0) is 117 Å². The lowest BCUT2D eigenvalue weighted by Gasteiger charge is -2.63. The van der Waals surface area contributed by atoms with E-state index in [0.29, 0.717) is 42.0 Å². The smallest absolute Gasteiger partial charge is 0.411 e. The number of halogens is 2. The van der Waals surface area contributed by atoms with Gasteiger partial charge in [-0.25, -0.2) is 18.4 Å². The highest BCUT2D eigenvalue weighted by molar-refractivity contribution is 6.01. The van der Waals surface area contributed by atoms with Gasteiger partial charge in [0.25, 0.3) is 0 Å². The molecule has 0 bridgehead atoms. The first-order valence-electron chi connectivity index (χ1n) is 23.6. The second-order valence-corrected chi connectivity index (χ2v) is 19.7. The summed E-state index contributed by atoms with van der Waals surface area (Å²) in [5.74, 6) is -3.36. The van der Waals surface area contributed by atoms with Crippen LogP contribution in [0.5, 0.6) is 5.75 Å². The van der Waals surface area contributed by atoms with E-state index in [2.05, 4.69) is 21.3 Å². The Morgan fingerprint density at radius 3 is 2.32 bits per heavy atom. The first-order valence-corrected chi connectivity index (χ1v) is 23.6. The van der Waals surface area contributed by atoms with E-state index in [1.54, 1.807) is 69.3 Å². The van der Waals surface area contributed by atoms with Crippen molar-refractivity contribution in [2.24, 2.45) is 40.1 Å². The molecule has 17 nitrogen and oxygen atoms in total. The van der Waals surface area contributed by atoms with Crippen molar-refractivity contribution in [2.45, 2.75) is 134 Å². The van der Waals surface area contributed by atoms with Gasteiger partial charge in [0.15, 0.2) is 23.3 Å². The molecular formula is C50H64F2N6O11. The molecule has 69 heavy (non-hydrogen) atoms. The van der Waals surface area contributed by atoms with Crippen LogP contribution in [0.2, 0.25) is 0 Å². The zero-order valence-corrected chi connectivity index (χ0v) is 39.6. The van der Waals surface area contributed by atoms with Crippen molar-refractivity contribution in [1.29, 1.82) is 0 Å². The molecule has 2 aromatic rings. The van der Waals surface area contributed by atoms with E-state index in [0.717, 1.165) is 6.08 Å². The molecule has 1 saturated heterocycles. The number of primary amides is 1. The minimum atomic E-state index is -2.33. The van der Waals surface area contributed by atoms with E-state index < -0.39 is 113 Å². The Balaban J connectivity index is 0.940. The van der Waals surface area contributed by atoms with Crippen LogP contribution in [0.4, 0.5) is 29.7 Å². The van der Waals surface area contributed by atoms with E-state index in [9.17, 15) is 33.9 Å². The lowest BCUT2D eigenvalue weighted by Crippen LogP contribution is -2.71. The minimum absolute atomic E-state index is 0.0180. The molecule has 1 heterocycles. The largest absolute Gasteiger partial charge is 0.486 e. The second-order valence-electron chi connectivity index (χ2n) is 19.7. The van der Waals surface area contributed by atoms with Crippen LogP contribution in [-0.2, 0) is 40.0 Å². The molecule has 374 valence electrons. The fraction of sp³-hybridized carbons (Fsp3) is 0.560. The number of Topliss-reactive ketones (excluding diaryl/α,β-unsaturated/α-hetero) is 1. The molecule has 9 N–H and O–H groups in total. The van der Waals surface area contributed by atoms with Gasteiger partial charge >= 0.3 is 12.1 Å². The van der Waals surface area contributed by atoms with Crippen molar-refractivity contribution in [3.8, 4) is 5.75 Å². The van der Waals surface area contributed by atoms with E-state index >= 15 is 8.78 Å². The van der Waals surface area contributed by atoms with Crippen LogP contribution in [0.1, 0.15) is 85.1 Å². The number of amides is 5. The maximum Gasteiger partial charge on any atom is 0.411 e. The van der Waals surface area contributed by atoms with Crippen LogP contribution in [-0.4, -0.2) is 102 Å². The number of fused-ring (bicyclic) bond motifs is 7. The van der Waals surface area contributed by atoms with Gasteiger partial charge < -0.3 is 51.5 Å². The van der Waals surface area contributed by atoms with Gasteiger partial charge in [-0.3, -0.25) is 24.5 Å². The number of aliphatic hydroxyl groups is 1. The number of nitrogens with one attached hydrogen (secondary N) is 4. The van der Waals surface area contributed by atoms with Crippen molar-refractivity contribution in [2.75, 3.05) is 23.8 Å². The van der Waals surface area contributed by atoms with Gasteiger partial charge in [0.1, 0.15) is 31.2 Å². The third kappa shape index (κ3) is 9.75. The molecule has 5 aliphatic rings. The molecule has 0 aromatic heterocycles. The van der Waals surface area contributed by atoms with E-state index in [1.165, 1.54) is 19.1 Å². The normalized spacial score (nSPS) is 31.7. The highest BCUT2D eigenvalue weighted by Crippen LogP contribution is 2.72. The number of aliphatic hydroxyl groups excluding tert-OH is 1. The van der Waals surface area contributed by atoms with Gasteiger partial charge in [-0.1, -0.05) is 52.3 Å². The van der Waals surface area contributed by atoms with Crippen molar-refractivity contribution in [3.05, 3.63) is 77.9 Å². The number of ether oxygens (including phenoxy) is 4. The molecule has 12 atom stereocenters. The molecule has 0 radical (unpaired) electrons. The quantitative estimate of drug-likeness (QED) is 0.0921. The summed E-state index contributed by atoms with van der Waals surface area (Å²) in [5.41, 5.74) is 5.83. The summed E-state index contributed by atoms with van der Waals surface area (Å²) in [6.45, 7) is 8.51. The molecule has 5 amide bonds. The monoisotopic (exact) mass is 962 g/mol. The van der Waals surface area contributed by atoms with Gasteiger partial charge in [0.05, 0.1) is 18.2 Å². The third-order valence-corrected chi connectivity index (χ3v) is 15.0. The van der Waals surface area contributed by atoms with Crippen LogP contribution < -0.4 is 37.5 Å². The number of benzene rings is 2. The molecule has 0 spiro atoms. The summed E-state index contributed by atoms with van der Waals surface area (Å²) >= 11 is 0. The first-order chi connectivity index (χ1) is 32.7. The maximum atomic E-state index is 17.8. The number of alkyl halides is 2. The van der Waals surface area contributed by atoms with Crippen LogP contribution >= 0.6 is 0 Å². The van der Waals surface area contributed by atoms with Crippen LogP contribution in [0.25, 0.3) is 0 Å². The van der Waals surface area contributed by atoms with E-state index in [-0.39, 0.29) is 50.3 Å². The molecule has 4 fully saturated rings. The number of carbonyl (C=O) groups excluding carboxylic acids is 6. The summed E-state index contributed by atoms with van der Waals surface area (Å²) in [6.07, 6.45) is -0.273. The highest BCUT2D eigenvalue weighted by atomic mass is 19.1. The molecule has 2 aromatic carbocycles.